The van der Waals surface area contributed by atoms with Crippen LogP contribution in [0.3, 0.4) is 0 Å². The summed E-state index contributed by atoms with van der Waals surface area (Å²) < 4.78 is 18.5. The fraction of sp³-hybridized carbons (Fsp3) is 0.625. The summed E-state index contributed by atoms with van der Waals surface area (Å²) in [4.78, 5) is 25.2. The lowest BCUT2D eigenvalue weighted by atomic mass is 9.76. The van der Waals surface area contributed by atoms with E-state index in [0.29, 0.717) is 44.0 Å². The largest absolute Gasteiger partial charge is 0.468 e. The molecule has 1 aliphatic carbocycles. The van der Waals surface area contributed by atoms with Gasteiger partial charge in [-0.05, 0) is 50.0 Å². The molecule has 1 amide bonds. The Labute approximate surface area is 187 Å². The van der Waals surface area contributed by atoms with Crippen LogP contribution in [0.15, 0.2) is 16.7 Å². The second-order valence-corrected chi connectivity index (χ2v) is 9.32. The Bertz CT molecular complexity index is 997. The standard InChI is InChI=1S/C24H31N3O5/c1-2-18-21-19(13-24(15-25-22(21)28)6-10-30-11-7-24)27(26-18)8-3-9-31-23(29)17-12-20(32-14-17)16-4-5-16/h12,14,16H,2-11,13,15H2,1H3,(H,25,28). The van der Waals surface area contributed by atoms with Gasteiger partial charge >= 0.3 is 5.97 Å². The summed E-state index contributed by atoms with van der Waals surface area (Å²) in [5.74, 6) is 0.971. The van der Waals surface area contributed by atoms with Crippen LogP contribution in [-0.2, 0) is 28.9 Å². The maximum absolute atomic E-state index is 12.9. The maximum atomic E-state index is 12.9. The minimum atomic E-state index is -0.352. The van der Waals surface area contributed by atoms with Gasteiger partial charge < -0.3 is 19.2 Å². The zero-order valence-electron chi connectivity index (χ0n) is 18.7. The van der Waals surface area contributed by atoms with Crippen molar-refractivity contribution in [2.45, 2.75) is 64.3 Å². The van der Waals surface area contributed by atoms with Crippen LogP contribution in [0.2, 0.25) is 0 Å². The summed E-state index contributed by atoms with van der Waals surface area (Å²) >= 11 is 0. The number of amides is 1. The van der Waals surface area contributed by atoms with E-state index in [-0.39, 0.29) is 17.3 Å². The molecular formula is C24H31N3O5. The van der Waals surface area contributed by atoms with E-state index in [4.69, 9.17) is 19.0 Å². The molecule has 1 saturated carbocycles. The number of nitrogens with one attached hydrogen (secondary N) is 1. The van der Waals surface area contributed by atoms with E-state index in [0.717, 1.165) is 68.0 Å². The normalized spacial score (nSPS) is 20.0. The van der Waals surface area contributed by atoms with E-state index in [1.165, 1.54) is 6.26 Å². The van der Waals surface area contributed by atoms with Crippen LogP contribution in [0.5, 0.6) is 0 Å². The summed E-state index contributed by atoms with van der Waals surface area (Å²) in [5, 5.41) is 7.89. The molecule has 2 aromatic heterocycles. The molecule has 32 heavy (non-hydrogen) atoms. The monoisotopic (exact) mass is 441 g/mol. The van der Waals surface area contributed by atoms with Crippen molar-refractivity contribution in [2.24, 2.45) is 5.41 Å². The van der Waals surface area contributed by atoms with Crippen LogP contribution in [0, 0.1) is 5.41 Å². The molecule has 1 N–H and O–H groups in total. The molecule has 3 aliphatic rings. The summed E-state index contributed by atoms with van der Waals surface area (Å²) in [5.41, 5.74) is 3.08. The average molecular weight is 442 g/mol. The van der Waals surface area contributed by atoms with Crippen molar-refractivity contribution >= 4 is 11.9 Å². The van der Waals surface area contributed by atoms with Gasteiger partial charge in [-0.3, -0.25) is 9.48 Å². The van der Waals surface area contributed by atoms with Crippen LogP contribution in [0.4, 0.5) is 0 Å². The SMILES string of the molecule is CCc1nn(CCCOC(=O)c2coc(C3CC3)c2)c2c1C(=O)NCC1(CCOCC1)C2. The molecule has 2 aliphatic heterocycles. The molecule has 0 unspecified atom stereocenters. The molecule has 2 aromatic rings. The molecule has 8 heteroatoms. The Morgan fingerprint density at radius 2 is 2.16 bits per heavy atom. The first-order chi connectivity index (χ1) is 15.6. The van der Waals surface area contributed by atoms with Crippen molar-refractivity contribution in [1.29, 1.82) is 0 Å². The Kier molecular flexibility index (Phi) is 5.80. The van der Waals surface area contributed by atoms with E-state index in [9.17, 15) is 9.59 Å². The molecule has 0 aromatic carbocycles. The number of rotatable bonds is 7. The molecule has 5 rings (SSSR count). The molecule has 0 bridgehead atoms. The Morgan fingerprint density at radius 1 is 1.34 bits per heavy atom. The number of hydrogen-bond donors (Lipinski definition) is 1. The molecule has 4 heterocycles. The highest BCUT2D eigenvalue weighted by atomic mass is 16.5. The van der Waals surface area contributed by atoms with Crippen molar-refractivity contribution in [1.82, 2.24) is 15.1 Å². The number of aromatic nitrogens is 2. The van der Waals surface area contributed by atoms with E-state index in [2.05, 4.69) is 5.32 Å². The van der Waals surface area contributed by atoms with Gasteiger partial charge in [-0.2, -0.15) is 5.10 Å². The number of aryl methyl sites for hydroxylation is 2. The van der Waals surface area contributed by atoms with Crippen molar-refractivity contribution in [2.75, 3.05) is 26.4 Å². The number of furan rings is 1. The lowest BCUT2D eigenvalue weighted by Gasteiger charge is -2.36. The number of carbonyl (C=O) groups excluding carboxylic acids is 2. The van der Waals surface area contributed by atoms with Crippen LogP contribution < -0.4 is 5.32 Å². The maximum Gasteiger partial charge on any atom is 0.341 e. The first-order valence-electron chi connectivity index (χ1n) is 11.8. The third-order valence-electron chi connectivity index (χ3n) is 6.99. The molecule has 1 spiro atoms. The highest BCUT2D eigenvalue weighted by Gasteiger charge is 2.39. The zero-order valence-corrected chi connectivity index (χ0v) is 18.7. The highest BCUT2D eigenvalue weighted by molar-refractivity contribution is 5.97. The van der Waals surface area contributed by atoms with Gasteiger partial charge in [0.15, 0.2) is 0 Å². The van der Waals surface area contributed by atoms with E-state index in [1.54, 1.807) is 6.07 Å². The third kappa shape index (κ3) is 4.20. The number of ether oxygens (including phenoxy) is 2. The van der Waals surface area contributed by atoms with Gasteiger partial charge in [0.05, 0.1) is 29.1 Å². The lowest BCUT2D eigenvalue weighted by Crippen LogP contribution is -2.40. The molecule has 0 radical (unpaired) electrons. The van der Waals surface area contributed by atoms with Gasteiger partial charge in [0.2, 0.25) is 0 Å². The number of carbonyl (C=O) groups is 2. The fourth-order valence-electron chi connectivity index (χ4n) is 4.86. The first-order valence-corrected chi connectivity index (χ1v) is 11.8. The molecule has 0 atom stereocenters. The minimum absolute atomic E-state index is 0.0228. The first kappa shape index (κ1) is 21.2. The molecule has 8 nitrogen and oxygen atoms in total. The van der Waals surface area contributed by atoms with Crippen molar-refractivity contribution in [3.63, 3.8) is 0 Å². The summed E-state index contributed by atoms with van der Waals surface area (Å²) in [7, 11) is 0. The van der Waals surface area contributed by atoms with E-state index in [1.807, 2.05) is 11.6 Å². The van der Waals surface area contributed by atoms with Crippen molar-refractivity contribution < 1.29 is 23.5 Å². The number of fused-ring (bicyclic) bond motifs is 1. The number of esters is 1. The van der Waals surface area contributed by atoms with Gasteiger partial charge in [0.25, 0.3) is 5.91 Å². The fourth-order valence-corrected chi connectivity index (χ4v) is 4.86. The quantitative estimate of drug-likeness (QED) is 0.524. The van der Waals surface area contributed by atoms with E-state index >= 15 is 0 Å². The van der Waals surface area contributed by atoms with Gasteiger partial charge in [-0.1, -0.05) is 6.92 Å². The third-order valence-corrected chi connectivity index (χ3v) is 6.99. The average Bonchev–Trinajstić information content (AvgIpc) is 3.46. The molecular weight excluding hydrogens is 410 g/mol. The Balaban J connectivity index is 1.24. The minimum Gasteiger partial charge on any atom is -0.468 e. The van der Waals surface area contributed by atoms with E-state index < -0.39 is 0 Å². The lowest BCUT2D eigenvalue weighted by molar-refractivity contribution is 0.0152. The molecule has 172 valence electrons. The van der Waals surface area contributed by atoms with Crippen molar-refractivity contribution in [3.8, 4) is 0 Å². The summed E-state index contributed by atoms with van der Waals surface area (Å²) in [6.45, 7) is 5.06. The molecule has 2 fully saturated rings. The smallest absolute Gasteiger partial charge is 0.341 e. The predicted octanol–water partition coefficient (Wildman–Crippen LogP) is 3.25. The Hall–Kier alpha value is -2.61. The van der Waals surface area contributed by atoms with Gasteiger partial charge in [-0.25, -0.2) is 4.79 Å². The number of hydrogen-bond acceptors (Lipinski definition) is 6. The van der Waals surface area contributed by atoms with Crippen molar-refractivity contribution in [3.05, 3.63) is 40.6 Å². The second kappa shape index (κ2) is 8.73. The van der Waals surface area contributed by atoms with Crippen LogP contribution >= 0.6 is 0 Å². The Morgan fingerprint density at radius 3 is 2.91 bits per heavy atom. The van der Waals surface area contributed by atoms with Crippen LogP contribution in [-0.4, -0.2) is 48.0 Å². The van der Waals surface area contributed by atoms with Gasteiger partial charge in [0, 0.05) is 38.6 Å². The summed E-state index contributed by atoms with van der Waals surface area (Å²) in [6, 6.07) is 1.80. The highest BCUT2D eigenvalue weighted by Crippen LogP contribution is 2.41. The van der Waals surface area contributed by atoms with Crippen LogP contribution in [0.25, 0.3) is 0 Å². The zero-order chi connectivity index (χ0) is 22.1. The topological polar surface area (TPSA) is 95.6 Å². The van der Waals surface area contributed by atoms with Gasteiger partial charge in [-0.15, -0.1) is 0 Å². The summed E-state index contributed by atoms with van der Waals surface area (Å²) in [6.07, 6.45) is 7.77. The predicted molar refractivity (Wildman–Crippen MR) is 116 cm³/mol. The van der Waals surface area contributed by atoms with Crippen LogP contribution in [0.1, 0.15) is 82.8 Å². The second-order valence-electron chi connectivity index (χ2n) is 9.32. The number of nitrogens with zero attached hydrogens (tertiary/aromatic N) is 2. The molecule has 1 saturated heterocycles. The van der Waals surface area contributed by atoms with Gasteiger partial charge in [0.1, 0.15) is 12.0 Å².